The van der Waals surface area contributed by atoms with E-state index in [9.17, 15) is 0 Å². The van der Waals surface area contributed by atoms with Gasteiger partial charge in [-0.15, -0.1) is 0 Å². The van der Waals surface area contributed by atoms with Gasteiger partial charge >= 0.3 is 0 Å². The van der Waals surface area contributed by atoms with Gasteiger partial charge in [0.2, 0.25) is 0 Å². The Kier molecular flexibility index (Phi) is 3.94. The summed E-state index contributed by atoms with van der Waals surface area (Å²) in [4.78, 5) is 3.99. The lowest BCUT2D eigenvalue weighted by molar-refractivity contribution is 0.414. The van der Waals surface area contributed by atoms with Crippen LogP contribution in [0.25, 0.3) is 0 Å². The predicted octanol–water partition coefficient (Wildman–Crippen LogP) is 0.729. The van der Waals surface area contributed by atoms with Gasteiger partial charge in [0.05, 0.1) is 7.11 Å². The summed E-state index contributed by atoms with van der Waals surface area (Å²) >= 11 is 0. The monoisotopic (exact) mass is 193 g/mol. The molecule has 1 aromatic carbocycles. The number of amidine groups is 1. The Morgan fingerprint density at radius 3 is 2.50 bits per heavy atom. The van der Waals surface area contributed by atoms with Crippen LogP contribution in [0.1, 0.15) is 5.56 Å². The first-order valence-corrected chi connectivity index (χ1v) is 4.35. The standard InChI is InChI=1S/C10H15N3O/c1-12-10(13-11)7-8-3-5-9(14-2)6-4-8/h3-6H,7,11H2,1-2H3,(H,12,13). The fraction of sp³-hybridized carbons (Fsp3) is 0.300. The van der Waals surface area contributed by atoms with Crippen LogP contribution in [0.2, 0.25) is 0 Å². The number of nitrogens with one attached hydrogen (secondary N) is 1. The summed E-state index contributed by atoms with van der Waals surface area (Å²) < 4.78 is 5.06. The number of nitrogens with two attached hydrogens (primary N) is 1. The highest BCUT2D eigenvalue weighted by Crippen LogP contribution is 2.11. The molecule has 0 radical (unpaired) electrons. The average Bonchev–Trinajstić information content (AvgIpc) is 2.26. The number of hydrazine groups is 1. The second-order valence-corrected chi connectivity index (χ2v) is 2.84. The molecule has 4 heteroatoms. The molecule has 0 heterocycles. The molecule has 0 fully saturated rings. The molecule has 1 aromatic rings. The molecule has 0 atom stereocenters. The zero-order valence-electron chi connectivity index (χ0n) is 8.45. The van der Waals surface area contributed by atoms with E-state index in [0.717, 1.165) is 17.1 Å². The Labute approximate surface area is 83.8 Å². The molecular weight excluding hydrogens is 178 g/mol. The SMILES string of the molecule is CN=C(Cc1ccc(OC)cc1)NN. The average molecular weight is 193 g/mol. The van der Waals surface area contributed by atoms with Gasteiger partial charge in [0, 0.05) is 13.5 Å². The molecule has 0 aliphatic heterocycles. The van der Waals surface area contributed by atoms with Gasteiger partial charge in [-0.1, -0.05) is 12.1 Å². The number of ether oxygens (including phenoxy) is 1. The summed E-state index contributed by atoms with van der Waals surface area (Å²) in [5.74, 6) is 6.89. The molecule has 0 unspecified atom stereocenters. The highest BCUT2D eigenvalue weighted by molar-refractivity contribution is 5.83. The summed E-state index contributed by atoms with van der Waals surface area (Å²) in [6.07, 6.45) is 0.705. The fourth-order valence-electron chi connectivity index (χ4n) is 1.13. The first kappa shape index (κ1) is 10.5. The van der Waals surface area contributed by atoms with E-state index in [0.29, 0.717) is 6.42 Å². The third-order valence-electron chi connectivity index (χ3n) is 1.97. The topological polar surface area (TPSA) is 59.6 Å². The van der Waals surface area contributed by atoms with Gasteiger partial charge in [-0.3, -0.25) is 4.99 Å². The molecule has 3 N–H and O–H groups in total. The maximum Gasteiger partial charge on any atom is 0.118 e. The molecular formula is C10H15N3O. The Morgan fingerprint density at radius 2 is 2.07 bits per heavy atom. The van der Waals surface area contributed by atoms with Crippen molar-refractivity contribution in [1.29, 1.82) is 0 Å². The van der Waals surface area contributed by atoms with Gasteiger partial charge in [-0.2, -0.15) is 0 Å². The number of benzene rings is 1. The molecule has 1 rings (SSSR count). The van der Waals surface area contributed by atoms with Gasteiger partial charge in [-0.05, 0) is 17.7 Å². The molecule has 0 aliphatic rings. The van der Waals surface area contributed by atoms with E-state index in [1.54, 1.807) is 14.2 Å². The van der Waals surface area contributed by atoms with Crippen LogP contribution in [0.4, 0.5) is 0 Å². The molecule has 76 valence electrons. The molecule has 0 saturated heterocycles. The smallest absolute Gasteiger partial charge is 0.118 e. The highest BCUT2D eigenvalue weighted by Gasteiger charge is 1.98. The quantitative estimate of drug-likeness (QED) is 0.322. The summed E-state index contributed by atoms with van der Waals surface area (Å²) in [6.45, 7) is 0. The summed E-state index contributed by atoms with van der Waals surface area (Å²) in [5, 5.41) is 0. The van der Waals surface area contributed by atoms with Gasteiger partial charge in [0.15, 0.2) is 0 Å². The zero-order chi connectivity index (χ0) is 10.4. The number of hydrogen-bond acceptors (Lipinski definition) is 3. The minimum atomic E-state index is 0.705. The van der Waals surface area contributed by atoms with Crippen LogP contribution in [0.5, 0.6) is 5.75 Å². The number of aliphatic imine (C=N–C) groups is 1. The van der Waals surface area contributed by atoms with Crippen molar-refractivity contribution in [2.75, 3.05) is 14.2 Å². The lowest BCUT2D eigenvalue weighted by Gasteiger charge is -2.05. The van der Waals surface area contributed by atoms with Crippen molar-refractivity contribution in [3.8, 4) is 5.75 Å². The van der Waals surface area contributed by atoms with E-state index in [1.165, 1.54) is 0 Å². The fourth-order valence-corrected chi connectivity index (χ4v) is 1.13. The van der Waals surface area contributed by atoms with E-state index in [2.05, 4.69) is 10.4 Å². The predicted molar refractivity (Wildman–Crippen MR) is 57.4 cm³/mol. The summed E-state index contributed by atoms with van der Waals surface area (Å²) in [6, 6.07) is 7.81. The third-order valence-corrected chi connectivity index (χ3v) is 1.97. The molecule has 0 aromatic heterocycles. The van der Waals surface area contributed by atoms with Crippen LogP contribution in [0, 0.1) is 0 Å². The summed E-state index contributed by atoms with van der Waals surface area (Å²) in [5.41, 5.74) is 3.69. The van der Waals surface area contributed by atoms with Crippen LogP contribution in [0.3, 0.4) is 0 Å². The minimum absolute atomic E-state index is 0.705. The van der Waals surface area contributed by atoms with Crippen LogP contribution >= 0.6 is 0 Å². The van der Waals surface area contributed by atoms with Crippen LogP contribution in [0.15, 0.2) is 29.3 Å². The maximum atomic E-state index is 5.28. The number of methoxy groups -OCH3 is 1. The molecule has 4 nitrogen and oxygen atoms in total. The Hall–Kier alpha value is -1.55. The first-order chi connectivity index (χ1) is 6.80. The van der Waals surface area contributed by atoms with Crippen molar-refractivity contribution < 1.29 is 4.74 Å². The molecule has 0 aliphatic carbocycles. The number of hydrogen-bond donors (Lipinski definition) is 2. The van der Waals surface area contributed by atoms with Gasteiger partial charge in [0.1, 0.15) is 11.6 Å². The van der Waals surface area contributed by atoms with Crippen molar-refractivity contribution in [1.82, 2.24) is 5.43 Å². The number of nitrogens with zero attached hydrogens (tertiary/aromatic N) is 1. The normalized spacial score (nSPS) is 11.2. The van der Waals surface area contributed by atoms with Crippen molar-refractivity contribution in [3.05, 3.63) is 29.8 Å². The van der Waals surface area contributed by atoms with Gasteiger partial charge in [-0.25, -0.2) is 5.84 Å². The maximum absolute atomic E-state index is 5.28. The zero-order valence-corrected chi connectivity index (χ0v) is 8.45. The number of rotatable bonds is 3. The molecule has 0 saturated carbocycles. The summed E-state index contributed by atoms with van der Waals surface area (Å²) in [7, 11) is 3.36. The lowest BCUT2D eigenvalue weighted by atomic mass is 10.1. The second-order valence-electron chi connectivity index (χ2n) is 2.84. The molecule has 14 heavy (non-hydrogen) atoms. The van der Waals surface area contributed by atoms with Gasteiger partial charge < -0.3 is 10.2 Å². The van der Waals surface area contributed by atoms with E-state index >= 15 is 0 Å². The molecule has 0 amide bonds. The largest absolute Gasteiger partial charge is 0.497 e. The van der Waals surface area contributed by atoms with Crippen LogP contribution in [-0.2, 0) is 6.42 Å². The van der Waals surface area contributed by atoms with Crippen LogP contribution in [-0.4, -0.2) is 20.0 Å². The Bertz CT molecular complexity index is 306. The third kappa shape index (κ3) is 2.74. The first-order valence-electron chi connectivity index (χ1n) is 4.35. The van der Waals surface area contributed by atoms with Gasteiger partial charge in [0.25, 0.3) is 0 Å². The van der Waals surface area contributed by atoms with Crippen molar-refractivity contribution >= 4 is 5.84 Å². The Balaban J connectivity index is 2.68. The van der Waals surface area contributed by atoms with E-state index in [-0.39, 0.29) is 0 Å². The van der Waals surface area contributed by atoms with Crippen LogP contribution < -0.4 is 16.0 Å². The second kappa shape index (κ2) is 5.24. The van der Waals surface area contributed by atoms with Crippen molar-refractivity contribution in [2.45, 2.75) is 6.42 Å². The Morgan fingerprint density at radius 1 is 1.43 bits per heavy atom. The highest BCUT2D eigenvalue weighted by atomic mass is 16.5. The lowest BCUT2D eigenvalue weighted by Crippen LogP contribution is -2.31. The van der Waals surface area contributed by atoms with E-state index in [4.69, 9.17) is 10.6 Å². The van der Waals surface area contributed by atoms with E-state index in [1.807, 2.05) is 24.3 Å². The minimum Gasteiger partial charge on any atom is -0.497 e. The molecule has 0 bridgehead atoms. The molecule has 0 spiro atoms. The van der Waals surface area contributed by atoms with E-state index < -0.39 is 0 Å². The van der Waals surface area contributed by atoms with Crippen molar-refractivity contribution in [3.63, 3.8) is 0 Å². The van der Waals surface area contributed by atoms with Crippen molar-refractivity contribution in [2.24, 2.45) is 10.8 Å².